The number of sulfonamides is 1. The summed E-state index contributed by atoms with van der Waals surface area (Å²) in [4.78, 5) is 12.4. The predicted molar refractivity (Wildman–Crippen MR) is 135 cm³/mol. The zero-order chi connectivity index (χ0) is 25.6. The van der Waals surface area contributed by atoms with Crippen LogP contribution in [-0.4, -0.2) is 35.2 Å². The Morgan fingerprint density at radius 1 is 0.800 bits per heavy atom. The second-order valence-electron chi connectivity index (χ2n) is 8.09. The summed E-state index contributed by atoms with van der Waals surface area (Å²) in [6.45, 7) is 5.70. The zero-order valence-corrected chi connectivity index (χ0v) is 21.3. The Morgan fingerprint density at radius 3 is 2.17 bits per heavy atom. The van der Waals surface area contributed by atoms with Gasteiger partial charge in [-0.15, -0.1) is 0 Å². The molecular weight excluding hydrogens is 468 g/mol. The Kier molecular flexibility index (Phi) is 8.24. The topological polar surface area (TPSA) is 103 Å². The summed E-state index contributed by atoms with van der Waals surface area (Å²) in [5.74, 6) is 1.30. The smallest absolute Gasteiger partial charge is 0.261 e. The van der Waals surface area contributed by atoms with Crippen molar-refractivity contribution in [2.24, 2.45) is 0 Å². The molecule has 1 amide bonds. The molecule has 0 aliphatic heterocycles. The first-order valence-corrected chi connectivity index (χ1v) is 12.4. The van der Waals surface area contributed by atoms with E-state index in [2.05, 4.69) is 10.0 Å². The summed E-state index contributed by atoms with van der Waals surface area (Å²) in [5.41, 5.74) is 4.02. The second-order valence-corrected chi connectivity index (χ2v) is 9.77. The number of anilines is 1. The van der Waals surface area contributed by atoms with E-state index in [4.69, 9.17) is 14.2 Å². The van der Waals surface area contributed by atoms with Crippen LogP contribution in [0.4, 0.5) is 5.69 Å². The maximum atomic E-state index is 12.8. The number of aryl methyl sites for hydroxylation is 3. The molecule has 0 saturated heterocycles. The Labute approximate surface area is 206 Å². The molecule has 3 aromatic rings. The minimum Gasteiger partial charge on any atom is -0.493 e. The Morgan fingerprint density at radius 2 is 1.51 bits per heavy atom. The SMILES string of the molecule is COc1ccc(CNC(=O)COc2ccc(S(=O)(=O)Nc3ccc(C)c(C)c3)cc2C)cc1OC. The maximum Gasteiger partial charge on any atom is 0.261 e. The average Bonchev–Trinajstić information content (AvgIpc) is 2.83. The highest BCUT2D eigenvalue weighted by molar-refractivity contribution is 7.92. The van der Waals surface area contributed by atoms with Crippen molar-refractivity contribution in [2.45, 2.75) is 32.2 Å². The van der Waals surface area contributed by atoms with Crippen LogP contribution < -0.4 is 24.2 Å². The monoisotopic (exact) mass is 498 g/mol. The van der Waals surface area contributed by atoms with Crippen molar-refractivity contribution in [1.82, 2.24) is 5.32 Å². The molecule has 35 heavy (non-hydrogen) atoms. The van der Waals surface area contributed by atoms with E-state index in [1.807, 2.05) is 26.0 Å². The van der Waals surface area contributed by atoms with Gasteiger partial charge in [0.2, 0.25) is 0 Å². The number of benzene rings is 3. The van der Waals surface area contributed by atoms with Crippen LogP contribution in [0.2, 0.25) is 0 Å². The predicted octanol–water partition coefficient (Wildman–Crippen LogP) is 4.13. The lowest BCUT2D eigenvalue weighted by Crippen LogP contribution is -2.28. The molecule has 0 atom stereocenters. The third-order valence-electron chi connectivity index (χ3n) is 5.51. The molecule has 0 aromatic heterocycles. The van der Waals surface area contributed by atoms with Crippen LogP contribution in [0.15, 0.2) is 59.5 Å². The van der Waals surface area contributed by atoms with E-state index in [0.29, 0.717) is 35.0 Å². The van der Waals surface area contributed by atoms with E-state index in [0.717, 1.165) is 16.7 Å². The Bertz CT molecular complexity index is 1320. The third kappa shape index (κ3) is 6.66. The van der Waals surface area contributed by atoms with E-state index in [1.165, 1.54) is 12.1 Å². The number of hydrogen-bond donors (Lipinski definition) is 2. The average molecular weight is 499 g/mol. The molecule has 3 rings (SSSR count). The zero-order valence-electron chi connectivity index (χ0n) is 20.5. The highest BCUT2D eigenvalue weighted by Crippen LogP contribution is 2.27. The number of ether oxygens (including phenoxy) is 3. The Hall–Kier alpha value is -3.72. The lowest BCUT2D eigenvalue weighted by Gasteiger charge is -2.13. The number of amides is 1. The van der Waals surface area contributed by atoms with E-state index >= 15 is 0 Å². The lowest BCUT2D eigenvalue weighted by molar-refractivity contribution is -0.123. The molecule has 0 radical (unpaired) electrons. The van der Waals surface area contributed by atoms with Crippen molar-refractivity contribution in [1.29, 1.82) is 0 Å². The van der Waals surface area contributed by atoms with Crippen LogP contribution in [0, 0.1) is 20.8 Å². The highest BCUT2D eigenvalue weighted by Gasteiger charge is 2.17. The number of hydrogen-bond acceptors (Lipinski definition) is 6. The van der Waals surface area contributed by atoms with Crippen molar-refractivity contribution in [3.63, 3.8) is 0 Å². The standard InChI is InChI=1S/C26H30N2O6S/c1-17-6-8-21(12-18(17)2)28-35(30,31)22-9-11-23(19(3)13-22)34-16-26(29)27-15-20-7-10-24(32-4)25(14-20)33-5/h6-14,28H,15-16H2,1-5H3,(H,27,29). The highest BCUT2D eigenvalue weighted by atomic mass is 32.2. The number of methoxy groups -OCH3 is 2. The third-order valence-corrected chi connectivity index (χ3v) is 6.89. The van der Waals surface area contributed by atoms with Gasteiger partial charge in [0, 0.05) is 12.2 Å². The van der Waals surface area contributed by atoms with Gasteiger partial charge in [-0.05, 0) is 85.5 Å². The number of carbonyl (C=O) groups excluding carboxylic acids is 1. The summed E-state index contributed by atoms with van der Waals surface area (Å²) in [6, 6.07) is 15.3. The summed E-state index contributed by atoms with van der Waals surface area (Å²) in [5, 5.41) is 2.78. The van der Waals surface area contributed by atoms with Crippen LogP contribution >= 0.6 is 0 Å². The van der Waals surface area contributed by atoms with Gasteiger partial charge in [-0.2, -0.15) is 0 Å². The van der Waals surface area contributed by atoms with Gasteiger partial charge in [-0.25, -0.2) is 8.42 Å². The van der Waals surface area contributed by atoms with Gasteiger partial charge in [-0.1, -0.05) is 12.1 Å². The van der Waals surface area contributed by atoms with Gasteiger partial charge in [0.15, 0.2) is 18.1 Å². The fraction of sp³-hybridized carbons (Fsp3) is 0.269. The van der Waals surface area contributed by atoms with E-state index in [-0.39, 0.29) is 17.4 Å². The fourth-order valence-corrected chi connectivity index (χ4v) is 4.49. The number of nitrogens with one attached hydrogen (secondary N) is 2. The summed E-state index contributed by atoms with van der Waals surface area (Å²) < 4.78 is 44.3. The minimum absolute atomic E-state index is 0.110. The van der Waals surface area contributed by atoms with E-state index in [9.17, 15) is 13.2 Å². The molecule has 0 aliphatic rings. The van der Waals surface area contributed by atoms with Crippen LogP contribution in [-0.2, 0) is 21.4 Å². The molecule has 0 aliphatic carbocycles. The first-order chi connectivity index (χ1) is 16.6. The molecule has 0 fully saturated rings. The lowest BCUT2D eigenvalue weighted by atomic mass is 10.1. The molecule has 0 heterocycles. The molecule has 8 nitrogen and oxygen atoms in total. The van der Waals surface area contributed by atoms with Crippen LogP contribution in [0.5, 0.6) is 17.2 Å². The van der Waals surface area contributed by atoms with Crippen LogP contribution in [0.25, 0.3) is 0 Å². The molecule has 0 saturated carbocycles. The molecule has 0 bridgehead atoms. The van der Waals surface area contributed by atoms with Crippen molar-refractivity contribution in [3.8, 4) is 17.2 Å². The first kappa shape index (κ1) is 25.9. The van der Waals surface area contributed by atoms with Gasteiger partial charge in [0.25, 0.3) is 15.9 Å². The van der Waals surface area contributed by atoms with Gasteiger partial charge < -0.3 is 19.5 Å². The van der Waals surface area contributed by atoms with Gasteiger partial charge in [0.05, 0.1) is 19.1 Å². The molecule has 0 unspecified atom stereocenters. The molecule has 0 spiro atoms. The first-order valence-electron chi connectivity index (χ1n) is 10.9. The number of carbonyl (C=O) groups is 1. The van der Waals surface area contributed by atoms with Crippen molar-refractivity contribution in [3.05, 3.63) is 76.9 Å². The molecule has 186 valence electrons. The molecular formula is C26H30N2O6S. The van der Waals surface area contributed by atoms with Crippen LogP contribution in [0.1, 0.15) is 22.3 Å². The van der Waals surface area contributed by atoms with E-state index in [1.54, 1.807) is 51.5 Å². The quantitative estimate of drug-likeness (QED) is 0.436. The second kappa shape index (κ2) is 11.1. The van der Waals surface area contributed by atoms with Crippen molar-refractivity contribution in [2.75, 3.05) is 25.5 Å². The van der Waals surface area contributed by atoms with Gasteiger partial charge >= 0.3 is 0 Å². The van der Waals surface area contributed by atoms with Crippen molar-refractivity contribution < 1.29 is 27.4 Å². The molecule has 2 N–H and O–H groups in total. The maximum absolute atomic E-state index is 12.8. The summed E-state index contributed by atoms with van der Waals surface area (Å²) in [6.07, 6.45) is 0. The normalized spacial score (nSPS) is 11.0. The minimum atomic E-state index is -3.77. The van der Waals surface area contributed by atoms with Crippen LogP contribution in [0.3, 0.4) is 0 Å². The van der Waals surface area contributed by atoms with Gasteiger partial charge in [-0.3, -0.25) is 9.52 Å². The van der Waals surface area contributed by atoms with Gasteiger partial charge in [0.1, 0.15) is 5.75 Å². The molecule has 9 heteroatoms. The fourth-order valence-electron chi connectivity index (χ4n) is 3.36. The largest absolute Gasteiger partial charge is 0.493 e. The molecule has 3 aromatic carbocycles. The number of rotatable bonds is 10. The van der Waals surface area contributed by atoms with E-state index < -0.39 is 10.0 Å². The summed E-state index contributed by atoms with van der Waals surface area (Å²) >= 11 is 0. The summed E-state index contributed by atoms with van der Waals surface area (Å²) in [7, 11) is -0.662. The van der Waals surface area contributed by atoms with Crippen molar-refractivity contribution >= 4 is 21.6 Å². The Balaban J connectivity index is 1.58.